The van der Waals surface area contributed by atoms with Crippen LogP contribution in [0.5, 0.6) is 0 Å². The summed E-state index contributed by atoms with van der Waals surface area (Å²) in [5.74, 6) is 0. The van der Waals surface area contributed by atoms with Crippen molar-refractivity contribution in [2.75, 3.05) is 19.8 Å². The fourth-order valence-electron chi connectivity index (χ4n) is 6.06. The van der Waals surface area contributed by atoms with Gasteiger partial charge in [-0.2, -0.15) is 0 Å². The Bertz CT molecular complexity index is 400. The molecule has 0 amide bonds. The third-order valence-electron chi connectivity index (χ3n) is 6.65. The molecule has 1 saturated carbocycles. The van der Waals surface area contributed by atoms with Gasteiger partial charge in [-0.05, 0) is 38.5 Å². The van der Waals surface area contributed by atoms with Crippen LogP contribution in [-0.4, -0.2) is 61.4 Å². The fraction of sp³-hybridized carbons (Fsp3) is 1.00. The van der Waals surface area contributed by atoms with E-state index in [2.05, 4.69) is 0 Å². The molecule has 0 aromatic carbocycles. The summed E-state index contributed by atoms with van der Waals surface area (Å²) in [6.07, 6.45) is 5.71. The zero-order valence-corrected chi connectivity index (χ0v) is 12.6. The van der Waals surface area contributed by atoms with E-state index in [1.165, 1.54) is 0 Å². The average Bonchev–Trinajstić information content (AvgIpc) is 3.27. The van der Waals surface area contributed by atoms with Gasteiger partial charge >= 0.3 is 0 Å². The van der Waals surface area contributed by atoms with Crippen LogP contribution in [0.15, 0.2) is 0 Å². The van der Waals surface area contributed by atoms with Crippen molar-refractivity contribution >= 4 is 0 Å². The molecular weight excluding hydrogens is 288 g/mol. The van der Waals surface area contributed by atoms with Crippen LogP contribution < -0.4 is 0 Å². The van der Waals surface area contributed by atoms with Gasteiger partial charge in [0.05, 0.1) is 0 Å². The standard InChI is InChI=1S/C16H22O6/c1-4-14(17-7-1)10-15(5-2-8-18-15)12-16(6-3-9-19-16)11(14)21-13(20-10)22-12/h10-13H,1-9H2. The quantitative estimate of drug-likeness (QED) is 0.668. The van der Waals surface area contributed by atoms with Gasteiger partial charge in [-0.3, -0.25) is 0 Å². The van der Waals surface area contributed by atoms with Gasteiger partial charge in [-0.25, -0.2) is 0 Å². The summed E-state index contributed by atoms with van der Waals surface area (Å²) in [5.41, 5.74) is -1.28. The molecule has 6 aliphatic heterocycles. The van der Waals surface area contributed by atoms with Crippen LogP contribution >= 0.6 is 0 Å². The van der Waals surface area contributed by atoms with Crippen molar-refractivity contribution in [1.82, 2.24) is 0 Å². The molecule has 7 fully saturated rings. The van der Waals surface area contributed by atoms with Gasteiger partial charge in [0.15, 0.2) is 0 Å². The van der Waals surface area contributed by atoms with E-state index in [0.717, 1.165) is 58.3 Å². The Morgan fingerprint density at radius 1 is 0.545 bits per heavy atom. The SMILES string of the molecule is C1COC2(C1)C1OC3OC2C2(CCCO2)C(O3)C12CCCO2. The zero-order valence-electron chi connectivity index (χ0n) is 12.6. The van der Waals surface area contributed by atoms with Gasteiger partial charge in [-0.1, -0.05) is 0 Å². The van der Waals surface area contributed by atoms with Gasteiger partial charge < -0.3 is 28.4 Å². The summed E-state index contributed by atoms with van der Waals surface area (Å²) >= 11 is 0. The smallest absolute Gasteiger partial charge is 0.273 e. The third kappa shape index (κ3) is 1.24. The summed E-state index contributed by atoms with van der Waals surface area (Å²) in [5, 5.41) is 0. The lowest BCUT2D eigenvalue weighted by atomic mass is 9.58. The highest BCUT2D eigenvalue weighted by molar-refractivity contribution is 5.29. The maximum atomic E-state index is 6.33. The summed E-state index contributed by atoms with van der Waals surface area (Å²) in [7, 11) is 0. The van der Waals surface area contributed by atoms with E-state index < -0.39 is 23.3 Å². The fourth-order valence-corrected chi connectivity index (χ4v) is 6.06. The Morgan fingerprint density at radius 2 is 0.909 bits per heavy atom. The lowest BCUT2D eigenvalue weighted by Crippen LogP contribution is -2.88. The van der Waals surface area contributed by atoms with Crippen molar-refractivity contribution in [3.8, 4) is 0 Å². The Labute approximate surface area is 129 Å². The second kappa shape index (κ2) is 4.05. The first-order valence-electron chi connectivity index (χ1n) is 8.69. The van der Waals surface area contributed by atoms with E-state index >= 15 is 0 Å². The average molecular weight is 310 g/mol. The predicted molar refractivity (Wildman–Crippen MR) is 72.2 cm³/mol. The molecule has 7 rings (SSSR count). The normalized spacial score (nSPS) is 62.2. The first-order chi connectivity index (χ1) is 10.8. The largest absolute Gasteiger partial charge is 0.369 e. The van der Waals surface area contributed by atoms with Crippen molar-refractivity contribution in [3.05, 3.63) is 0 Å². The molecule has 0 aromatic heterocycles. The molecule has 6 nitrogen and oxygen atoms in total. The highest BCUT2D eigenvalue weighted by Gasteiger charge is 2.82. The number of rotatable bonds is 0. The van der Waals surface area contributed by atoms with E-state index in [4.69, 9.17) is 28.4 Å². The predicted octanol–water partition coefficient (Wildman–Crippen LogP) is 1.11. The highest BCUT2D eigenvalue weighted by atomic mass is 16.9. The second-order valence-corrected chi connectivity index (χ2v) is 7.56. The Kier molecular flexibility index (Phi) is 2.41. The molecule has 6 heteroatoms. The lowest BCUT2D eigenvalue weighted by Gasteiger charge is -2.69. The van der Waals surface area contributed by atoms with Crippen LogP contribution in [-0.2, 0) is 28.4 Å². The molecule has 0 radical (unpaired) electrons. The Hall–Kier alpha value is -0.240. The van der Waals surface area contributed by atoms with E-state index in [9.17, 15) is 0 Å². The van der Waals surface area contributed by atoms with Crippen molar-refractivity contribution in [2.45, 2.75) is 80.1 Å². The minimum Gasteiger partial charge on any atom is -0.369 e. The van der Waals surface area contributed by atoms with Crippen LogP contribution in [0.1, 0.15) is 38.5 Å². The summed E-state index contributed by atoms with van der Waals surface area (Å²) in [6.45, 7) is 1.71. The van der Waals surface area contributed by atoms with Crippen molar-refractivity contribution in [1.29, 1.82) is 0 Å². The van der Waals surface area contributed by atoms with Gasteiger partial charge in [0, 0.05) is 19.8 Å². The first-order valence-corrected chi connectivity index (χ1v) is 8.69. The molecule has 4 bridgehead atoms. The van der Waals surface area contributed by atoms with E-state index in [1.54, 1.807) is 0 Å². The van der Waals surface area contributed by atoms with Crippen LogP contribution in [0, 0.1) is 0 Å². The van der Waals surface area contributed by atoms with Crippen LogP contribution in [0.4, 0.5) is 0 Å². The lowest BCUT2D eigenvalue weighted by molar-refractivity contribution is -0.534. The molecule has 3 spiro atoms. The molecule has 1 aliphatic carbocycles. The monoisotopic (exact) mass is 310 g/mol. The minimum atomic E-state index is -0.584. The van der Waals surface area contributed by atoms with Crippen LogP contribution in [0.3, 0.4) is 0 Å². The Morgan fingerprint density at radius 3 is 1.18 bits per heavy atom. The number of ether oxygens (including phenoxy) is 6. The topological polar surface area (TPSA) is 55.4 Å². The zero-order chi connectivity index (χ0) is 14.4. The second-order valence-electron chi connectivity index (χ2n) is 7.56. The molecule has 122 valence electrons. The molecule has 22 heavy (non-hydrogen) atoms. The van der Waals surface area contributed by atoms with Gasteiger partial charge in [0.25, 0.3) is 6.48 Å². The van der Waals surface area contributed by atoms with E-state index in [-0.39, 0.29) is 18.3 Å². The number of hydrogen-bond donors (Lipinski definition) is 0. The molecule has 6 saturated heterocycles. The van der Waals surface area contributed by atoms with E-state index in [1.807, 2.05) is 0 Å². The summed E-state index contributed by atoms with van der Waals surface area (Å²) in [4.78, 5) is 0. The van der Waals surface area contributed by atoms with Gasteiger partial charge in [-0.15, -0.1) is 0 Å². The molecule has 7 aliphatic rings. The van der Waals surface area contributed by atoms with Crippen LogP contribution in [0.2, 0.25) is 0 Å². The summed E-state index contributed by atoms with van der Waals surface area (Å²) in [6, 6.07) is 0. The molecule has 0 unspecified atom stereocenters. The molecule has 0 atom stereocenters. The molecule has 0 N–H and O–H groups in total. The highest BCUT2D eigenvalue weighted by Crippen LogP contribution is 2.64. The molecule has 6 heterocycles. The van der Waals surface area contributed by atoms with Gasteiger partial charge in [0.1, 0.15) is 35.1 Å². The minimum absolute atomic E-state index is 0.0951. The maximum Gasteiger partial charge on any atom is 0.273 e. The molecular formula is C16H22O6. The first kappa shape index (κ1) is 13.1. The van der Waals surface area contributed by atoms with Gasteiger partial charge in [0.2, 0.25) is 0 Å². The Balaban J connectivity index is 1.57. The summed E-state index contributed by atoms with van der Waals surface area (Å²) < 4.78 is 37.4. The number of hydrogen-bond acceptors (Lipinski definition) is 6. The van der Waals surface area contributed by atoms with Crippen molar-refractivity contribution in [3.63, 3.8) is 0 Å². The molecule has 0 aromatic rings. The van der Waals surface area contributed by atoms with Crippen LogP contribution in [0.25, 0.3) is 0 Å². The third-order valence-corrected chi connectivity index (χ3v) is 6.65. The maximum absolute atomic E-state index is 6.33. The van der Waals surface area contributed by atoms with Crippen molar-refractivity contribution < 1.29 is 28.4 Å². The van der Waals surface area contributed by atoms with Crippen molar-refractivity contribution in [2.24, 2.45) is 0 Å². The van der Waals surface area contributed by atoms with E-state index in [0.29, 0.717) is 0 Å².